The summed E-state index contributed by atoms with van der Waals surface area (Å²) in [6.45, 7) is 3.00. The number of piperidine rings is 2. The van der Waals surface area contributed by atoms with Gasteiger partial charge in [0.1, 0.15) is 0 Å². The van der Waals surface area contributed by atoms with E-state index in [1.807, 2.05) is 41.3 Å². The van der Waals surface area contributed by atoms with E-state index in [9.17, 15) is 19.5 Å². The molecule has 0 bridgehead atoms. The first-order chi connectivity index (χ1) is 21.8. The molecule has 2 fully saturated rings. The lowest BCUT2D eigenvalue weighted by Gasteiger charge is -2.34. The van der Waals surface area contributed by atoms with Gasteiger partial charge in [-0.1, -0.05) is 53.6 Å². The third-order valence-electron chi connectivity index (χ3n) is 8.29. The van der Waals surface area contributed by atoms with Gasteiger partial charge in [-0.3, -0.25) is 14.4 Å². The van der Waals surface area contributed by atoms with Crippen LogP contribution in [-0.4, -0.2) is 41.5 Å². The van der Waals surface area contributed by atoms with Gasteiger partial charge in [0.05, 0.1) is 5.39 Å². The number of carbonyl (C=O) groups is 2. The molecule has 4 aromatic rings. The number of allylic oxidation sites excluding steroid dienone is 1. The fourth-order valence-corrected chi connectivity index (χ4v) is 6.03. The average molecular weight is 624 g/mol. The zero-order valence-corrected chi connectivity index (χ0v) is 25.6. The number of nitrogens with zero attached hydrogens (tertiary/aromatic N) is 2. The second-order valence-corrected chi connectivity index (χ2v) is 11.9. The quantitative estimate of drug-likeness (QED) is 0.239. The molecule has 0 atom stereocenters. The zero-order chi connectivity index (χ0) is 31.3. The smallest absolute Gasteiger partial charge is 0.291 e. The van der Waals surface area contributed by atoms with E-state index in [0.717, 1.165) is 73.8 Å². The normalized spacial score (nSPS) is 15.8. The van der Waals surface area contributed by atoms with E-state index >= 15 is 0 Å². The van der Waals surface area contributed by atoms with Crippen LogP contribution in [0.1, 0.15) is 53.8 Å². The first kappa shape index (κ1) is 30.2. The number of hydrogen-bond acceptors (Lipinski definition) is 6. The van der Waals surface area contributed by atoms with E-state index in [2.05, 4.69) is 22.3 Å². The van der Waals surface area contributed by atoms with E-state index in [0.29, 0.717) is 23.7 Å². The molecule has 0 spiro atoms. The molecule has 2 aliphatic heterocycles. The van der Waals surface area contributed by atoms with E-state index < -0.39 is 11.3 Å². The van der Waals surface area contributed by atoms with Gasteiger partial charge < -0.3 is 24.6 Å². The fourth-order valence-electron chi connectivity index (χ4n) is 5.91. The maximum Gasteiger partial charge on any atom is 0.291 e. The highest BCUT2D eigenvalue weighted by Crippen LogP contribution is 2.29. The average Bonchev–Trinajstić information content (AvgIpc) is 3.04. The molecule has 45 heavy (non-hydrogen) atoms. The molecule has 3 aromatic carbocycles. The SMILES string of the molecule is O=C(N/C(C=C1CCN(c2ccccc2CN2CCCCC2=O)CC1)=C\c1ccc(Cl)cc1)c1cc(=O)c2cccc(O)c2o1. The Balaban J connectivity index is 1.22. The van der Waals surface area contributed by atoms with E-state index in [-0.39, 0.29) is 28.4 Å². The second-order valence-electron chi connectivity index (χ2n) is 11.4. The highest BCUT2D eigenvalue weighted by atomic mass is 35.5. The highest BCUT2D eigenvalue weighted by Gasteiger charge is 2.22. The number of rotatable bonds is 7. The summed E-state index contributed by atoms with van der Waals surface area (Å²) in [4.78, 5) is 42.8. The van der Waals surface area contributed by atoms with Crippen molar-refractivity contribution in [3.8, 4) is 5.75 Å². The molecule has 230 valence electrons. The summed E-state index contributed by atoms with van der Waals surface area (Å²) < 4.78 is 5.67. The van der Waals surface area contributed by atoms with Crippen molar-refractivity contribution in [2.45, 2.75) is 38.6 Å². The highest BCUT2D eigenvalue weighted by molar-refractivity contribution is 6.30. The number of halogens is 1. The topological polar surface area (TPSA) is 103 Å². The van der Waals surface area contributed by atoms with Crippen LogP contribution in [0.3, 0.4) is 0 Å². The molecule has 1 aromatic heterocycles. The summed E-state index contributed by atoms with van der Waals surface area (Å²) in [5.74, 6) is -0.795. The van der Waals surface area contributed by atoms with Crippen LogP contribution in [-0.2, 0) is 11.3 Å². The lowest BCUT2D eigenvalue weighted by molar-refractivity contribution is -0.133. The van der Waals surface area contributed by atoms with Crippen LogP contribution in [0.25, 0.3) is 17.0 Å². The number of fused-ring (bicyclic) bond motifs is 1. The largest absolute Gasteiger partial charge is 0.504 e. The monoisotopic (exact) mass is 623 g/mol. The van der Waals surface area contributed by atoms with Crippen LogP contribution >= 0.6 is 11.6 Å². The number of anilines is 1. The number of likely N-dealkylation sites (tertiary alicyclic amines) is 1. The van der Waals surface area contributed by atoms with Crippen molar-refractivity contribution >= 4 is 46.1 Å². The maximum atomic E-state index is 13.4. The third-order valence-corrected chi connectivity index (χ3v) is 8.54. The van der Waals surface area contributed by atoms with Crippen molar-refractivity contribution in [3.63, 3.8) is 0 Å². The summed E-state index contributed by atoms with van der Waals surface area (Å²) >= 11 is 6.09. The number of phenols is 1. The molecule has 6 rings (SSSR count). The predicted molar refractivity (Wildman–Crippen MR) is 176 cm³/mol. The Hall–Kier alpha value is -4.82. The van der Waals surface area contributed by atoms with Gasteiger partial charge in [-0.15, -0.1) is 0 Å². The van der Waals surface area contributed by atoms with Gasteiger partial charge >= 0.3 is 0 Å². The van der Waals surface area contributed by atoms with Crippen molar-refractivity contribution in [2.24, 2.45) is 0 Å². The third kappa shape index (κ3) is 7.13. The van der Waals surface area contributed by atoms with Crippen molar-refractivity contribution in [1.29, 1.82) is 0 Å². The van der Waals surface area contributed by atoms with Gasteiger partial charge in [-0.05, 0) is 79.3 Å². The van der Waals surface area contributed by atoms with Crippen molar-refractivity contribution in [2.75, 3.05) is 24.5 Å². The van der Waals surface area contributed by atoms with Crippen LogP contribution in [0, 0.1) is 0 Å². The Labute approximate surface area is 266 Å². The molecule has 8 nitrogen and oxygen atoms in total. The number of nitrogens with one attached hydrogen (secondary N) is 1. The lowest BCUT2D eigenvalue weighted by Crippen LogP contribution is -2.36. The minimum absolute atomic E-state index is 0.0333. The van der Waals surface area contributed by atoms with Crippen LogP contribution in [0.4, 0.5) is 5.69 Å². The van der Waals surface area contributed by atoms with Gasteiger partial charge in [0, 0.05) is 55.1 Å². The summed E-state index contributed by atoms with van der Waals surface area (Å²) in [7, 11) is 0. The van der Waals surface area contributed by atoms with E-state index in [4.69, 9.17) is 16.0 Å². The second kappa shape index (κ2) is 13.4. The predicted octanol–water partition coefficient (Wildman–Crippen LogP) is 6.66. The zero-order valence-electron chi connectivity index (χ0n) is 24.8. The van der Waals surface area contributed by atoms with Gasteiger partial charge in [0.15, 0.2) is 22.5 Å². The summed E-state index contributed by atoms with van der Waals surface area (Å²) in [6, 6.07) is 21.2. The molecule has 2 saturated heterocycles. The van der Waals surface area contributed by atoms with Crippen LogP contribution in [0.2, 0.25) is 5.02 Å². The minimum atomic E-state index is -0.604. The molecule has 3 heterocycles. The number of hydrogen-bond donors (Lipinski definition) is 2. The fraction of sp³-hybridized carbons (Fsp3) is 0.250. The number of amides is 2. The van der Waals surface area contributed by atoms with Crippen LogP contribution in [0.5, 0.6) is 5.75 Å². The molecule has 2 aliphatic rings. The van der Waals surface area contributed by atoms with Gasteiger partial charge in [-0.25, -0.2) is 0 Å². The molecule has 2 amide bonds. The molecule has 0 radical (unpaired) electrons. The first-order valence-electron chi connectivity index (χ1n) is 15.2. The Morgan fingerprint density at radius 2 is 1.71 bits per heavy atom. The Kier molecular flexibility index (Phi) is 9.03. The molecule has 0 unspecified atom stereocenters. The van der Waals surface area contributed by atoms with Crippen molar-refractivity contribution < 1.29 is 19.1 Å². The number of phenolic OH excluding ortho intramolecular Hbond substituents is 1. The van der Waals surface area contributed by atoms with Gasteiger partial charge in [0.2, 0.25) is 5.91 Å². The number of para-hydroxylation sites is 2. The summed E-state index contributed by atoms with van der Waals surface area (Å²) in [5.41, 5.74) is 4.38. The first-order valence-corrected chi connectivity index (χ1v) is 15.6. The maximum absolute atomic E-state index is 13.4. The van der Waals surface area contributed by atoms with Gasteiger partial charge in [0.25, 0.3) is 5.91 Å². The standard InChI is InChI=1S/C36H34ClN3O5/c37-27-13-11-24(12-14-27)20-28(38-36(44)33-22-32(42)29-7-5-9-31(41)35(29)45-33)21-25-15-18-39(19-16-25)30-8-2-1-6-26(30)23-40-17-4-3-10-34(40)43/h1-2,5-9,11-14,20-22,41H,3-4,10,15-19,23H2,(H,38,44)/b28-20-. The molecular formula is C36H34ClN3O5. The summed E-state index contributed by atoms with van der Waals surface area (Å²) in [5, 5.41) is 13.9. The van der Waals surface area contributed by atoms with Crippen molar-refractivity contribution in [3.05, 3.63) is 122 Å². The Morgan fingerprint density at radius 3 is 2.49 bits per heavy atom. The molecule has 2 N–H and O–H groups in total. The molecule has 0 aliphatic carbocycles. The minimum Gasteiger partial charge on any atom is -0.504 e. The van der Waals surface area contributed by atoms with Crippen LogP contribution in [0.15, 0.2) is 99.4 Å². The van der Waals surface area contributed by atoms with E-state index in [1.165, 1.54) is 12.1 Å². The summed E-state index contributed by atoms with van der Waals surface area (Å²) in [6.07, 6.45) is 8.01. The lowest BCUT2D eigenvalue weighted by atomic mass is 10.00. The number of carbonyl (C=O) groups excluding carboxylic acids is 2. The number of aromatic hydroxyl groups is 1. The molecular weight excluding hydrogens is 590 g/mol. The van der Waals surface area contributed by atoms with Crippen molar-refractivity contribution in [1.82, 2.24) is 10.2 Å². The number of benzene rings is 3. The van der Waals surface area contributed by atoms with Gasteiger partial charge in [-0.2, -0.15) is 0 Å². The molecule has 0 saturated carbocycles. The molecule has 9 heteroatoms. The Bertz CT molecular complexity index is 1850. The Morgan fingerprint density at radius 1 is 0.933 bits per heavy atom. The van der Waals surface area contributed by atoms with Crippen LogP contribution < -0.4 is 15.6 Å². The van der Waals surface area contributed by atoms with E-state index in [1.54, 1.807) is 18.2 Å².